The summed E-state index contributed by atoms with van der Waals surface area (Å²) in [5, 5.41) is 0.142. The lowest BCUT2D eigenvalue weighted by atomic mass is 10.2. The van der Waals surface area contributed by atoms with Crippen molar-refractivity contribution in [2.45, 2.75) is 11.5 Å². The molecule has 2 rings (SSSR count). The molecule has 1 heterocycles. The molecule has 1 aromatic heterocycles. The summed E-state index contributed by atoms with van der Waals surface area (Å²) in [7, 11) is -0.908. The van der Waals surface area contributed by atoms with Crippen LogP contribution in [0.3, 0.4) is 0 Å². The maximum Gasteiger partial charge on any atom is 0.355 e. The van der Waals surface area contributed by atoms with Gasteiger partial charge in [-0.1, -0.05) is 17.7 Å². The Labute approximate surface area is 137 Å². The van der Waals surface area contributed by atoms with Gasteiger partial charge in [-0.25, -0.2) is 22.3 Å². The molecule has 0 amide bonds. The zero-order valence-corrected chi connectivity index (χ0v) is 13.9. The number of rotatable bonds is 5. The van der Waals surface area contributed by atoms with Crippen LogP contribution < -0.4 is 4.72 Å². The normalized spacial score (nSPS) is 11.5. The molecule has 6 nitrogen and oxygen atoms in total. The highest BCUT2D eigenvalue weighted by Gasteiger charge is 2.20. The molecule has 0 aliphatic heterocycles. The molecule has 0 atom stereocenters. The average Bonchev–Trinajstić information content (AvgIpc) is 2.89. The molecule has 9 heteroatoms. The number of nitrogens with one attached hydrogen (secondary N) is 1. The first-order valence-electron chi connectivity index (χ1n) is 6.46. The number of aryl methyl sites for hydroxylation is 1. The minimum absolute atomic E-state index is 0.0197. The van der Waals surface area contributed by atoms with E-state index in [1.54, 1.807) is 0 Å². The monoisotopic (exact) mass is 360 g/mol. The third kappa shape index (κ3) is 3.72. The molecule has 0 bridgehead atoms. The summed E-state index contributed by atoms with van der Waals surface area (Å²) in [4.78, 5) is 12.0. The zero-order chi connectivity index (χ0) is 17.2. The van der Waals surface area contributed by atoms with Crippen molar-refractivity contribution in [2.75, 3.05) is 7.05 Å². The van der Waals surface area contributed by atoms with Crippen LogP contribution in [0.5, 0.6) is 0 Å². The molecule has 0 saturated carbocycles. The van der Waals surface area contributed by atoms with Crippen molar-refractivity contribution in [1.29, 1.82) is 0 Å². The zero-order valence-electron chi connectivity index (χ0n) is 12.3. The summed E-state index contributed by atoms with van der Waals surface area (Å²) in [6.07, 6.45) is 1.28. The van der Waals surface area contributed by atoms with Crippen LogP contribution in [0.1, 0.15) is 16.1 Å². The maximum atomic E-state index is 13.6. The van der Waals surface area contributed by atoms with Gasteiger partial charge in [0.25, 0.3) is 0 Å². The number of ether oxygens (including phenoxy) is 1. The third-order valence-corrected chi connectivity index (χ3v) is 4.91. The quantitative estimate of drug-likeness (QED) is 0.828. The lowest BCUT2D eigenvalue weighted by molar-refractivity contribution is 0.0458. The fraction of sp³-hybridized carbons (Fsp3) is 0.214. The van der Waals surface area contributed by atoms with Crippen molar-refractivity contribution in [2.24, 2.45) is 7.05 Å². The lowest BCUT2D eigenvalue weighted by Crippen LogP contribution is -2.17. The van der Waals surface area contributed by atoms with E-state index in [1.807, 2.05) is 0 Å². The van der Waals surface area contributed by atoms with Crippen LogP contribution in [-0.2, 0) is 28.4 Å². The summed E-state index contributed by atoms with van der Waals surface area (Å²) < 4.78 is 45.5. The maximum absolute atomic E-state index is 13.6. The van der Waals surface area contributed by atoms with Crippen molar-refractivity contribution >= 4 is 27.6 Å². The highest BCUT2D eigenvalue weighted by Crippen LogP contribution is 2.21. The molecule has 0 aliphatic rings. The van der Waals surface area contributed by atoms with E-state index in [0.717, 1.165) is 0 Å². The molecule has 1 aromatic carbocycles. The first-order valence-corrected chi connectivity index (χ1v) is 8.32. The van der Waals surface area contributed by atoms with Gasteiger partial charge in [0.2, 0.25) is 10.0 Å². The Morgan fingerprint density at radius 3 is 2.74 bits per heavy atom. The second-order valence-corrected chi connectivity index (χ2v) is 6.95. The molecule has 1 N–H and O–H groups in total. The van der Waals surface area contributed by atoms with Crippen LogP contribution in [0.2, 0.25) is 5.02 Å². The molecule has 23 heavy (non-hydrogen) atoms. The van der Waals surface area contributed by atoms with Crippen molar-refractivity contribution < 1.29 is 22.3 Å². The molecule has 0 saturated heterocycles. The van der Waals surface area contributed by atoms with Gasteiger partial charge in [-0.2, -0.15) is 0 Å². The van der Waals surface area contributed by atoms with Gasteiger partial charge in [0, 0.05) is 18.8 Å². The van der Waals surface area contributed by atoms with E-state index in [-0.39, 0.29) is 27.8 Å². The minimum atomic E-state index is -3.67. The number of carbonyl (C=O) groups is 1. The number of carbonyl (C=O) groups excluding carboxylic acids is 1. The second-order valence-electron chi connectivity index (χ2n) is 4.66. The fourth-order valence-corrected chi connectivity index (χ4v) is 2.90. The van der Waals surface area contributed by atoms with Gasteiger partial charge in [-0.3, -0.25) is 0 Å². The van der Waals surface area contributed by atoms with Gasteiger partial charge in [0.15, 0.2) is 0 Å². The van der Waals surface area contributed by atoms with E-state index in [0.29, 0.717) is 0 Å². The highest BCUT2D eigenvalue weighted by atomic mass is 35.5. The molecule has 124 valence electrons. The van der Waals surface area contributed by atoms with Crippen LogP contribution in [-0.4, -0.2) is 26.0 Å². The van der Waals surface area contributed by atoms with Gasteiger partial charge in [-0.05, 0) is 25.2 Å². The predicted octanol–water partition coefficient (Wildman–Crippen LogP) is 2.08. The summed E-state index contributed by atoms with van der Waals surface area (Å²) in [5.41, 5.74) is 0.0751. The molecule has 0 radical (unpaired) electrons. The van der Waals surface area contributed by atoms with Crippen molar-refractivity contribution in [1.82, 2.24) is 9.29 Å². The van der Waals surface area contributed by atoms with Gasteiger partial charge in [0.05, 0.1) is 5.02 Å². The summed E-state index contributed by atoms with van der Waals surface area (Å²) in [5.74, 6) is -1.37. The van der Waals surface area contributed by atoms with E-state index >= 15 is 0 Å². The summed E-state index contributed by atoms with van der Waals surface area (Å²) >= 11 is 5.85. The molecular formula is C14H14ClFN2O4S. The molecule has 2 aromatic rings. The Kier molecular flexibility index (Phi) is 5.08. The smallest absolute Gasteiger partial charge is 0.355 e. The number of aromatic nitrogens is 1. The second kappa shape index (κ2) is 6.69. The predicted molar refractivity (Wildman–Crippen MR) is 82.2 cm³/mol. The van der Waals surface area contributed by atoms with Crippen molar-refractivity contribution in [3.05, 3.63) is 52.6 Å². The van der Waals surface area contributed by atoms with Gasteiger partial charge >= 0.3 is 5.97 Å². The number of esters is 1. The Balaban J connectivity index is 2.19. The Bertz CT molecular complexity index is 828. The molecule has 0 spiro atoms. The molecule has 0 aliphatic carbocycles. The highest BCUT2D eigenvalue weighted by molar-refractivity contribution is 7.89. The molecule has 0 fully saturated rings. The van der Waals surface area contributed by atoms with Crippen LogP contribution in [0.15, 0.2) is 35.4 Å². The number of sulfonamides is 1. The number of halogens is 2. The number of benzene rings is 1. The minimum Gasteiger partial charge on any atom is -0.456 e. The van der Waals surface area contributed by atoms with Gasteiger partial charge in [-0.15, -0.1) is 0 Å². The topological polar surface area (TPSA) is 77.4 Å². The number of nitrogens with zero attached hydrogens (tertiary/aromatic N) is 1. The standard InChI is InChI=1S/C14H14ClFN2O4S/c1-17-23(20,21)9-6-13(18(2)7-9)14(19)22-8-10-11(15)4-3-5-12(10)16/h3-7,17H,8H2,1-2H3. The summed E-state index contributed by atoms with van der Waals surface area (Å²) in [6, 6.07) is 5.30. The van der Waals surface area contributed by atoms with E-state index < -0.39 is 21.8 Å². The lowest BCUT2D eigenvalue weighted by Gasteiger charge is -2.08. The molecule has 0 unspecified atom stereocenters. The van der Waals surface area contributed by atoms with Crippen LogP contribution in [0.25, 0.3) is 0 Å². The Morgan fingerprint density at radius 1 is 1.43 bits per heavy atom. The van der Waals surface area contributed by atoms with E-state index in [9.17, 15) is 17.6 Å². The van der Waals surface area contributed by atoms with E-state index in [2.05, 4.69) is 4.72 Å². The molecular weight excluding hydrogens is 347 g/mol. The first kappa shape index (κ1) is 17.5. The third-order valence-electron chi connectivity index (χ3n) is 3.18. The largest absolute Gasteiger partial charge is 0.456 e. The van der Waals surface area contributed by atoms with Crippen LogP contribution in [0, 0.1) is 5.82 Å². The van der Waals surface area contributed by atoms with E-state index in [1.165, 1.54) is 49.1 Å². The summed E-state index contributed by atoms with van der Waals surface area (Å²) in [6.45, 7) is -0.358. The van der Waals surface area contributed by atoms with Crippen LogP contribution in [0.4, 0.5) is 4.39 Å². The Hall–Kier alpha value is -1.90. The van der Waals surface area contributed by atoms with Gasteiger partial charge in [0.1, 0.15) is 23.0 Å². The first-order chi connectivity index (χ1) is 10.8. The van der Waals surface area contributed by atoms with Crippen molar-refractivity contribution in [3.8, 4) is 0 Å². The van der Waals surface area contributed by atoms with Gasteiger partial charge < -0.3 is 9.30 Å². The van der Waals surface area contributed by atoms with Crippen molar-refractivity contribution in [3.63, 3.8) is 0 Å². The van der Waals surface area contributed by atoms with Crippen LogP contribution >= 0.6 is 11.6 Å². The number of hydrogen-bond donors (Lipinski definition) is 1. The SMILES string of the molecule is CNS(=O)(=O)c1cc(C(=O)OCc2c(F)cccc2Cl)n(C)c1. The van der Waals surface area contributed by atoms with E-state index in [4.69, 9.17) is 16.3 Å². The number of hydrogen-bond acceptors (Lipinski definition) is 4. The average molecular weight is 361 g/mol. The fourth-order valence-electron chi connectivity index (χ4n) is 1.88. The Morgan fingerprint density at radius 2 is 2.13 bits per heavy atom.